The molecule has 0 atom stereocenters. The predicted octanol–water partition coefficient (Wildman–Crippen LogP) is 2.27. The van der Waals surface area contributed by atoms with Crippen LogP contribution in [0.2, 0.25) is 5.02 Å². The van der Waals surface area contributed by atoms with Crippen LogP contribution in [0.3, 0.4) is 0 Å². The van der Waals surface area contributed by atoms with Crippen molar-refractivity contribution in [1.29, 1.82) is 0 Å². The number of likely N-dealkylation sites (N-methyl/N-ethyl adjacent to an activating group) is 1. The standard InChI is InChI=1S/C11H12ClNO2/c1-13-6-2-3-8-4-5-10(12)9(7-8)11(14)15/h2-5,7,13H,6H2,1H3,(H,14,15). The van der Waals surface area contributed by atoms with Gasteiger partial charge in [0.15, 0.2) is 0 Å². The van der Waals surface area contributed by atoms with Crippen LogP contribution < -0.4 is 5.32 Å². The van der Waals surface area contributed by atoms with E-state index in [0.717, 1.165) is 12.1 Å². The van der Waals surface area contributed by atoms with Crippen molar-refractivity contribution in [2.45, 2.75) is 0 Å². The minimum Gasteiger partial charge on any atom is -0.478 e. The summed E-state index contributed by atoms with van der Waals surface area (Å²) in [5, 5.41) is 12.1. The van der Waals surface area contributed by atoms with E-state index < -0.39 is 5.97 Å². The second kappa shape index (κ2) is 5.53. The van der Waals surface area contributed by atoms with E-state index in [2.05, 4.69) is 5.32 Å². The van der Waals surface area contributed by atoms with Crippen LogP contribution in [0.15, 0.2) is 24.3 Å². The highest BCUT2D eigenvalue weighted by molar-refractivity contribution is 6.33. The third-order valence-electron chi connectivity index (χ3n) is 1.85. The van der Waals surface area contributed by atoms with Crippen molar-refractivity contribution in [2.24, 2.45) is 0 Å². The molecule has 0 spiro atoms. The quantitative estimate of drug-likeness (QED) is 0.827. The van der Waals surface area contributed by atoms with Crippen LogP contribution in [0.25, 0.3) is 6.08 Å². The third-order valence-corrected chi connectivity index (χ3v) is 2.18. The lowest BCUT2D eigenvalue weighted by molar-refractivity contribution is 0.0697. The molecule has 1 aromatic rings. The van der Waals surface area contributed by atoms with Crippen molar-refractivity contribution < 1.29 is 9.90 Å². The Kier molecular flexibility index (Phi) is 4.34. The molecule has 0 aliphatic rings. The van der Waals surface area contributed by atoms with Crippen LogP contribution in [0, 0.1) is 0 Å². The molecular formula is C11H12ClNO2. The lowest BCUT2D eigenvalue weighted by Gasteiger charge is -2.00. The fourth-order valence-corrected chi connectivity index (χ4v) is 1.32. The number of rotatable bonds is 4. The molecule has 0 aromatic heterocycles. The first-order chi connectivity index (χ1) is 7.15. The van der Waals surface area contributed by atoms with Crippen molar-refractivity contribution in [3.63, 3.8) is 0 Å². The number of hydrogen-bond donors (Lipinski definition) is 2. The van der Waals surface area contributed by atoms with Crippen molar-refractivity contribution in [3.05, 3.63) is 40.4 Å². The summed E-state index contributed by atoms with van der Waals surface area (Å²) in [6.45, 7) is 0.741. The average Bonchev–Trinajstić information content (AvgIpc) is 2.20. The molecule has 0 fully saturated rings. The number of nitrogens with one attached hydrogen (secondary N) is 1. The van der Waals surface area contributed by atoms with Crippen LogP contribution in [-0.2, 0) is 0 Å². The summed E-state index contributed by atoms with van der Waals surface area (Å²) in [6.07, 6.45) is 3.76. The Morgan fingerprint density at radius 1 is 1.60 bits per heavy atom. The maximum atomic E-state index is 10.8. The van der Waals surface area contributed by atoms with E-state index in [9.17, 15) is 4.79 Å². The highest BCUT2D eigenvalue weighted by Crippen LogP contribution is 2.18. The van der Waals surface area contributed by atoms with Crippen molar-refractivity contribution >= 4 is 23.6 Å². The van der Waals surface area contributed by atoms with Gasteiger partial charge in [-0.05, 0) is 24.7 Å². The van der Waals surface area contributed by atoms with E-state index in [1.165, 1.54) is 0 Å². The van der Waals surface area contributed by atoms with Gasteiger partial charge in [-0.2, -0.15) is 0 Å². The molecule has 0 bridgehead atoms. The molecule has 0 aliphatic heterocycles. The van der Waals surface area contributed by atoms with Crippen molar-refractivity contribution in [2.75, 3.05) is 13.6 Å². The molecule has 15 heavy (non-hydrogen) atoms. The van der Waals surface area contributed by atoms with Gasteiger partial charge in [0.05, 0.1) is 10.6 Å². The van der Waals surface area contributed by atoms with E-state index in [4.69, 9.17) is 16.7 Å². The number of carboxylic acid groups (broad SMARTS) is 1. The Morgan fingerprint density at radius 3 is 2.93 bits per heavy atom. The molecule has 3 nitrogen and oxygen atoms in total. The van der Waals surface area contributed by atoms with E-state index in [1.54, 1.807) is 18.2 Å². The van der Waals surface area contributed by atoms with E-state index in [0.29, 0.717) is 0 Å². The zero-order chi connectivity index (χ0) is 11.3. The lowest BCUT2D eigenvalue weighted by atomic mass is 10.1. The number of benzene rings is 1. The molecular weight excluding hydrogens is 214 g/mol. The third kappa shape index (κ3) is 3.38. The molecule has 0 heterocycles. The van der Waals surface area contributed by atoms with Crippen LogP contribution >= 0.6 is 11.6 Å². The van der Waals surface area contributed by atoms with Gasteiger partial charge in [-0.25, -0.2) is 4.79 Å². The molecule has 1 rings (SSSR count). The monoisotopic (exact) mass is 225 g/mol. The fraction of sp³-hybridized carbons (Fsp3) is 0.182. The maximum Gasteiger partial charge on any atom is 0.337 e. The van der Waals surface area contributed by atoms with Crippen molar-refractivity contribution in [3.8, 4) is 0 Å². The lowest BCUT2D eigenvalue weighted by Crippen LogP contribution is -2.03. The summed E-state index contributed by atoms with van der Waals surface area (Å²) in [7, 11) is 1.84. The Bertz CT molecular complexity index is 388. The highest BCUT2D eigenvalue weighted by Gasteiger charge is 2.07. The zero-order valence-corrected chi connectivity index (χ0v) is 9.08. The Hall–Kier alpha value is -1.32. The number of halogens is 1. The van der Waals surface area contributed by atoms with Crippen LogP contribution in [-0.4, -0.2) is 24.7 Å². The first kappa shape index (κ1) is 11.8. The molecule has 0 saturated carbocycles. The second-order valence-corrected chi connectivity index (χ2v) is 3.41. The molecule has 0 unspecified atom stereocenters. The van der Waals surface area contributed by atoms with Gasteiger partial charge in [-0.3, -0.25) is 0 Å². The largest absolute Gasteiger partial charge is 0.478 e. The Morgan fingerprint density at radius 2 is 2.33 bits per heavy atom. The average molecular weight is 226 g/mol. The number of aromatic carboxylic acids is 1. The summed E-state index contributed by atoms with van der Waals surface area (Å²) < 4.78 is 0. The molecule has 0 amide bonds. The summed E-state index contributed by atoms with van der Waals surface area (Å²) in [4.78, 5) is 10.8. The van der Waals surface area contributed by atoms with E-state index >= 15 is 0 Å². The smallest absolute Gasteiger partial charge is 0.337 e. The molecule has 0 aliphatic carbocycles. The first-order valence-corrected chi connectivity index (χ1v) is 4.87. The maximum absolute atomic E-state index is 10.8. The van der Waals surface area contributed by atoms with E-state index in [1.807, 2.05) is 19.2 Å². The molecule has 2 N–H and O–H groups in total. The highest BCUT2D eigenvalue weighted by atomic mass is 35.5. The van der Waals surface area contributed by atoms with E-state index in [-0.39, 0.29) is 10.6 Å². The minimum absolute atomic E-state index is 0.128. The number of carbonyl (C=O) groups is 1. The summed E-state index contributed by atoms with van der Waals surface area (Å²) in [5.74, 6) is -1.01. The predicted molar refractivity (Wildman–Crippen MR) is 61.4 cm³/mol. The summed E-state index contributed by atoms with van der Waals surface area (Å²) >= 11 is 5.74. The van der Waals surface area contributed by atoms with Gasteiger partial charge >= 0.3 is 5.97 Å². The Labute approximate surface area is 93.4 Å². The Balaban J connectivity index is 2.92. The summed E-state index contributed by atoms with van der Waals surface area (Å²) in [5.41, 5.74) is 0.954. The number of carboxylic acids is 1. The van der Waals surface area contributed by atoms with Gasteiger partial charge in [0.2, 0.25) is 0 Å². The topological polar surface area (TPSA) is 49.3 Å². The fourth-order valence-electron chi connectivity index (χ4n) is 1.12. The molecule has 4 heteroatoms. The molecule has 1 aromatic carbocycles. The van der Waals surface area contributed by atoms with Crippen molar-refractivity contribution in [1.82, 2.24) is 5.32 Å². The first-order valence-electron chi connectivity index (χ1n) is 4.49. The number of hydrogen-bond acceptors (Lipinski definition) is 2. The minimum atomic E-state index is -1.01. The van der Waals surface area contributed by atoms with Gasteiger partial charge in [0, 0.05) is 6.54 Å². The van der Waals surface area contributed by atoms with Gasteiger partial charge in [-0.1, -0.05) is 29.8 Å². The molecule has 0 saturated heterocycles. The van der Waals surface area contributed by atoms with Gasteiger partial charge in [-0.15, -0.1) is 0 Å². The SMILES string of the molecule is CNCC=Cc1ccc(Cl)c(C(=O)O)c1. The molecule has 80 valence electrons. The van der Waals surface area contributed by atoms with Gasteiger partial charge in [0.25, 0.3) is 0 Å². The van der Waals surface area contributed by atoms with Crippen LogP contribution in [0.4, 0.5) is 0 Å². The van der Waals surface area contributed by atoms with Gasteiger partial charge < -0.3 is 10.4 Å². The van der Waals surface area contributed by atoms with Gasteiger partial charge in [0.1, 0.15) is 0 Å². The second-order valence-electron chi connectivity index (χ2n) is 3.00. The molecule has 0 radical (unpaired) electrons. The normalized spacial score (nSPS) is 10.8. The summed E-state index contributed by atoms with van der Waals surface area (Å²) in [6, 6.07) is 4.92. The zero-order valence-electron chi connectivity index (χ0n) is 8.33. The van der Waals surface area contributed by atoms with Crippen LogP contribution in [0.1, 0.15) is 15.9 Å². The van der Waals surface area contributed by atoms with Crippen LogP contribution in [0.5, 0.6) is 0 Å².